The lowest BCUT2D eigenvalue weighted by Crippen LogP contribution is -1.92. The lowest BCUT2D eigenvalue weighted by atomic mass is 10.0. The minimum absolute atomic E-state index is 0.686. The standard InChI is InChI=1S/C16H13O/c1-2-17-16-9-5-8-14-10-12-6-3-4-7-13(12)11-15(14)16/h3-7,9-11H,2H2,1H3. The fourth-order valence-electron chi connectivity index (χ4n) is 2.14. The number of hydrogen-bond acceptors (Lipinski definition) is 1. The summed E-state index contributed by atoms with van der Waals surface area (Å²) in [4.78, 5) is 0. The van der Waals surface area contributed by atoms with Crippen LogP contribution < -0.4 is 4.74 Å². The average Bonchev–Trinajstić information content (AvgIpc) is 2.37. The van der Waals surface area contributed by atoms with Crippen LogP contribution in [-0.2, 0) is 0 Å². The molecule has 0 fully saturated rings. The van der Waals surface area contributed by atoms with Crippen molar-refractivity contribution in [1.29, 1.82) is 0 Å². The number of fused-ring (bicyclic) bond motifs is 2. The zero-order valence-corrected chi connectivity index (χ0v) is 9.73. The van der Waals surface area contributed by atoms with Gasteiger partial charge < -0.3 is 4.74 Å². The monoisotopic (exact) mass is 221 g/mol. The maximum absolute atomic E-state index is 5.65. The summed E-state index contributed by atoms with van der Waals surface area (Å²) in [6.45, 7) is 2.69. The molecule has 0 saturated heterocycles. The van der Waals surface area contributed by atoms with Crippen LogP contribution in [0.4, 0.5) is 0 Å². The van der Waals surface area contributed by atoms with E-state index in [4.69, 9.17) is 4.74 Å². The summed E-state index contributed by atoms with van der Waals surface area (Å²) in [7, 11) is 0. The van der Waals surface area contributed by atoms with Crippen molar-refractivity contribution in [3.05, 3.63) is 54.6 Å². The van der Waals surface area contributed by atoms with E-state index >= 15 is 0 Å². The first kappa shape index (κ1) is 10.2. The van der Waals surface area contributed by atoms with Gasteiger partial charge in [-0.1, -0.05) is 30.3 Å². The Hall–Kier alpha value is -2.02. The van der Waals surface area contributed by atoms with E-state index in [-0.39, 0.29) is 0 Å². The summed E-state index contributed by atoms with van der Waals surface area (Å²) >= 11 is 0. The number of ether oxygens (including phenoxy) is 1. The highest BCUT2D eigenvalue weighted by Crippen LogP contribution is 2.29. The number of benzene rings is 3. The third kappa shape index (κ3) is 1.74. The molecule has 1 heteroatoms. The van der Waals surface area contributed by atoms with Gasteiger partial charge >= 0.3 is 0 Å². The van der Waals surface area contributed by atoms with Gasteiger partial charge in [0.1, 0.15) is 5.75 Å². The molecule has 0 N–H and O–H groups in total. The van der Waals surface area contributed by atoms with Crippen LogP contribution in [0.15, 0.2) is 48.5 Å². The Balaban J connectivity index is 2.35. The van der Waals surface area contributed by atoms with Crippen LogP contribution in [0.1, 0.15) is 6.92 Å². The molecule has 17 heavy (non-hydrogen) atoms. The smallest absolute Gasteiger partial charge is 0.127 e. The minimum Gasteiger partial charge on any atom is -0.493 e. The summed E-state index contributed by atoms with van der Waals surface area (Å²) in [6.07, 6.45) is 0. The Morgan fingerprint density at radius 2 is 1.82 bits per heavy atom. The van der Waals surface area contributed by atoms with E-state index in [0.29, 0.717) is 6.61 Å². The SMILES string of the molecule is CCOc1cc[c]c2cc3ccccc3cc12. The van der Waals surface area contributed by atoms with Crippen LogP contribution in [0.2, 0.25) is 0 Å². The maximum atomic E-state index is 5.65. The zero-order chi connectivity index (χ0) is 11.7. The fraction of sp³-hybridized carbons (Fsp3) is 0.125. The molecule has 3 rings (SSSR count). The summed E-state index contributed by atoms with van der Waals surface area (Å²) in [5, 5.41) is 4.72. The summed E-state index contributed by atoms with van der Waals surface area (Å²) in [5.41, 5.74) is 0. The second kappa shape index (κ2) is 4.10. The van der Waals surface area contributed by atoms with Crippen molar-refractivity contribution in [3.8, 4) is 5.75 Å². The highest BCUT2D eigenvalue weighted by atomic mass is 16.5. The van der Waals surface area contributed by atoms with E-state index in [2.05, 4.69) is 42.5 Å². The Morgan fingerprint density at radius 3 is 2.59 bits per heavy atom. The molecule has 0 aliphatic rings. The van der Waals surface area contributed by atoms with E-state index in [1.807, 2.05) is 19.1 Å². The normalized spacial score (nSPS) is 10.9. The highest BCUT2D eigenvalue weighted by Gasteiger charge is 2.03. The average molecular weight is 221 g/mol. The second-order valence-corrected chi connectivity index (χ2v) is 4.02. The molecule has 0 aliphatic carbocycles. The van der Waals surface area contributed by atoms with Gasteiger partial charge in [-0.05, 0) is 47.3 Å². The Kier molecular flexibility index (Phi) is 2.45. The molecule has 0 saturated carbocycles. The Morgan fingerprint density at radius 1 is 1.06 bits per heavy atom. The van der Waals surface area contributed by atoms with Crippen molar-refractivity contribution in [2.45, 2.75) is 6.92 Å². The molecule has 0 amide bonds. The van der Waals surface area contributed by atoms with Crippen LogP contribution >= 0.6 is 0 Å². The summed E-state index contributed by atoms with van der Waals surface area (Å²) in [5.74, 6) is 0.937. The van der Waals surface area contributed by atoms with Crippen molar-refractivity contribution >= 4 is 21.5 Å². The van der Waals surface area contributed by atoms with Crippen molar-refractivity contribution in [2.24, 2.45) is 0 Å². The molecule has 1 nitrogen and oxygen atoms in total. The molecule has 0 bridgehead atoms. The zero-order valence-electron chi connectivity index (χ0n) is 9.73. The number of hydrogen-bond donors (Lipinski definition) is 0. The van der Waals surface area contributed by atoms with Crippen LogP contribution in [0.25, 0.3) is 21.5 Å². The molecule has 83 valence electrons. The third-order valence-electron chi connectivity index (χ3n) is 2.92. The summed E-state index contributed by atoms with van der Waals surface area (Å²) < 4.78 is 5.65. The first-order chi connectivity index (χ1) is 8.38. The van der Waals surface area contributed by atoms with Crippen molar-refractivity contribution < 1.29 is 4.74 Å². The van der Waals surface area contributed by atoms with Gasteiger partial charge in [0.05, 0.1) is 6.61 Å². The second-order valence-electron chi connectivity index (χ2n) is 4.02. The van der Waals surface area contributed by atoms with Gasteiger partial charge in [0.15, 0.2) is 0 Å². The molecule has 0 spiro atoms. The molecule has 0 aromatic heterocycles. The maximum Gasteiger partial charge on any atom is 0.127 e. The first-order valence-electron chi connectivity index (χ1n) is 5.84. The third-order valence-corrected chi connectivity index (χ3v) is 2.92. The van der Waals surface area contributed by atoms with Crippen molar-refractivity contribution in [1.82, 2.24) is 0 Å². The van der Waals surface area contributed by atoms with Gasteiger partial charge in [-0.25, -0.2) is 0 Å². The van der Waals surface area contributed by atoms with E-state index < -0.39 is 0 Å². The molecule has 0 unspecified atom stereocenters. The lowest BCUT2D eigenvalue weighted by molar-refractivity contribution is 0.344. The largest absolute Gasteiger partial charge is 0.493 e. The molecule has 0 heterocycles. The van der Waals surface area contributed by atoms with Crippen LogP contribution in [0.5, 0.6) is 5.75 Å². The van der Waals surface area contributed by atoms with Gasteiger partial charge in [0.2, 0.25) is 0 Å². The van der Waals surface area contributed by atoms with Crippen molar-refractivity contribution in [3.63, 3.8) is 0 Å². The predicted molar refractivity (Wildman–Crippen MR) is 71.5 cm³/mol. The lowest BCUT2D eigenvalue weighted by Gasteiger charge is -2.08. The summed E-state index contributed by atoms with van der Waals surface area (Å²) in [6, 6.07) is 19.8. The quantitative estimate of drug-likeness (QED) is 0.589. The molecule has 3 aromatic rings. The van der Waals surface area contributed by atoms with Crippen molar-refractivity contribution in [2.75, 3.05) is 6.61 Å². The van der Waals surface area contributed by atoms with Gasteiger partial charge in [-0.15, -0.1) is 0 Å². The van der Waals surface area contributed by atoms with Gasteiger partial charge in [-0.3, -0.25) is 0 Å². The van der Waals surface area contributed by atoms with Crippen LogP contribution in [0.3, 0.4) is 0 Å². The first-order valence-corrected chi connectivity index (χ1v) is 5.84. The van der Waals surface area contributed by atoms with Gasteiger partial charge in [0.25, 0.3) is 0 Å². The highest BCUT2D eigenvalue weighted by molar-refractivity contribution is 6.00. The van der Waals surface area contributed by atoms with Gasteiger partial charge in [0, 0.05) is 5.39 Å². The van der Waals surface area contributed by atoms with E-state index in [9.17, 15) is 0 Å². The molecular weight excluding hydrogens is 208 g/mol. The van der Waals surface area contributed by atoms with E-state index in [0.717, 1.165) is 16.5 Å². The minimum atomic E-state index is 0.686. The van der Waals surface area contributed by atoms with Crippen LogP contribution in [-0.4, -0.2) is 6.61 Å². The topological polar surface area (TPSA) is 9.23 Å². The van der Waals surface area contributed by atoms with E-state index in [1.165, 1.54) is 10.8 Å². The molecular formula is C16H13O. The van der Waals surface area contributed by atoms with E-state index in [1.54, 1.807) is 0 Å². The number of rotatable bonds is 2. The predicted octanol–water partition coefficient (Wildman–Crippen LogP) is 4.19. The fourth-order valence-corrected chi connectivity index (χ4v) is 2.14. The Labute approximate surface area is 101 Å². The molecule has 1 radical (unpaired) electrons. The molecule has 3 aromatic carbocycles. The molecule has 0 aliphatic heterocycles. The molecule has 0 atom stereocenters. The van der Waals surface area contributed by atoms with Crippen LogP contribution in [0, 0.1) is 6.07 Å². The van der Waals surface area contributed by atoms with Gasteiger partial charge in [-0.2, -0.15) is 0 Å². The Bertz CT molecular complexity index is 670.